The number of H-pyrrole nitrogens is 1. The Bertz CT molecular complexity index is 856. The third-order valence-electron chi connectivity index (χ3n) is 4.11. The van der Waals surface area contributed by atoms with Gasteiger partial charge in [0.25, 0.3) is 5.91 Å². The van der Waals surface area contributed by atoms with Gasteiger partial charge in [0.05, 0.1) is 5.69 Å². The Hall–Kier alpha value is -2.66. The van der Waals surface area contributed by atoms with E-state index in [1.807, 2.05) is 0 Å². The van der Waals surface area contributed by atoms with Crippen molar-refractivity contribution in [3.05, 3.63) is 53.2 Å². The number of carbonyl (C=O) groups excluding carboxylic acids is 1. The summed E-state index contributed by atoms with van der Waals surface area (Å²) in [5.41, 5.74) is 7.02. The number of nitrogen functional groups attached to an aromatic ring is 1. The minimum Gasteiger partial charge on any atom is -0.289 e. The number of nitrogens with one attached hydrogen (secondary N) is 2. The minimum absolute atomic E-state index is 0.357. The van der Waals surface area contributed by atoms with Crippen molar-refractivity contribution >= 4 is 16.7 Å². The number of nitrogens with zero attached hydrogens (tertiary/aromatic N) is 1. The van der Waals surface area contributed by atoms with E-state index in [1.165, 1.54) is 21.9 Å². The highest BCUT2D eigenvalue weighted by molar-refractivity contribution is 6.01. The van der Waals surface area contributed by atoms with Gasteiger partial charge in [0.2, 0.25) is 0 Å². The molecule has 0 radical (unpaired) electrons. The third-order valence-corrected chi connectivity index (χ3v) is 4.11. The Morgan fingerprint density at radius 3 is 2.81 bits per heavy atom. The molecular weight excluding hydrogens is 264 g/mol. The van der Waals surface area contributed by atoms with Crippen molar-refractivity contribution in [3.63, 3.8) is 0 Å². The molecule has 0 spiro atoms. The summed E-state index contributed by atoms with van der Waals surface area (Å²) in [6.07, 6.45) is 2.19. The number of amides is 1. The fourth-order valence-electron chi connectivity index (χ4n) is 3.12. The first-order valence-electron chi connectivity index (χ1n) is 6.88. The molecule has 4 N–H and O–H groups in total. The van der Waals surface area contributed by atoms with Gasteiger partial charge in [-0.15, -0.1) is 0 Å². The molecular formula is C16H14N4O. The molecule has 21 heavy (non-hydrogen) atoms. The van der Waals surface area contributed by atoms with Gasteiger partial charge in [-0.3, -0.25) is 15.3 Å². The number of hydrazine groups is 1. The fraction of sp³-hybridized carbons (Fsp3) is 0.125. The van der Waals surface area contributed by atoms with Crippen LogP contribution in [0.4, 0.5) is 0 Å². The molecule has 5 heteroatoms. The van der Waals surface area contributed by atoms with Crippen LogP contribution in [0.3, 0.4) is 0 Å². The second kappa shape index (κ2) is 4.43. The molecule has 1 aliphatic carbocycles. The van der Waals surface area contributed by atoms with E-state index in [0.29, 0.717) is 5.69 Å². The van der Waals surface area contributed by atoms with Crippen LogP contribution >= 0.6 is 0 Å². The molecule has 4 rings (SSSR count). The summed E-state index contributed by atoms with van der Waals surface area (Å²) in [5, 5.41) is 9.49. The second-order valence-corrected chi connectivity index (χ2v) is 5.25. The van der Waals surface area contributed by atoms with Gasteiger partial charge in [0, 0.05) is 5.56 Å². The van der Waals surface area contributed by atoms with Crippen LogP contribution in [0.5, 0.6) is 0 Å². The van der Waals surface area contributed by atoms with Crippen LogP contribution < -0.4 is 11.3 Å². The number of aryl methyl sites for hydroxylation is 2. The number of carbonyl (C=O) groups is 1. The number of aromatic amines is 1. The number of benzene rings is 2. The van der Waals surface area contributed by atoms with Crippen LogP contribution in [0.25, 0.3) is 22.0 Å². The van der Waals surface area contributed by atoms with E-state index >= 15 is 0 Å². The van der Waals surface area contributed by atoms with Gasteiger partial charge >= 0.3 is 0 Å². The predicted octanol–water partition coefficient (Wildman–Crippen LogP) is 1.93. The van der Waals surface area contributed by atoms with Crippen LogP contribution in [0.15, 0.2) is 36.4 Å². The Kier molecular flexibility index (Phi) is 2.55. The normalized spacial score (nSPS) is 12.8. The lowest BCUT2D eigenvalue weighted by molar-refractivity contribution is 0.0948. The summed E-state index contributed by atoms with van der Waals surface area (Å²) in [7, 11) is 0. The molecule has 1 aliphatic rings. The smallest absolute Gasteiger partial charge is 0.283 e. The Labute approximate surface area is 121 Å². The lowest BCUT2D eigenvalue weighted by Crippen LogP contribution is -2.30. The quantitative estimate of drug-likeness (QED) is 0.380. The van der Waals surface area contributed by atoms with E-state index in [1.54, 1.807) is 6.07 Å². The summed E-state index contributed by atoms with van der Waals surface area (Å²) in [5.74, 6) is 4.77. The lowest BCUT2D eigenvalue weighted by atomic mass is 9.98. The van der Waals surface area contributed by atoms with Crippen LogP contribution in [-0.4, -0.2) is 16.1 Å². The van der Waals surface area contributed by atoms with Crippen LogP contribution in [0, 0.1) is 0 Å². The average Bonchev–Trinajstić information content (AvgIpc) is 3.16. The number of rotatable bonds is 2. The van der Waals surface area contributed by atoms with E-state index in [0.717, 1.165) is 24.1 Å². The molecule has 104 valence electrons. The van der Waals surface area contributed by atoms with E-state index in [2.05, 4.69) is 46.0 Å². The maximum Gasteiger partial charge on any atom is 0.283 e. The zero-order valence-electron chi connectivity index (χ0n) is 11.3. The predicted molar refractivity (Wildman–Crippen MR) is 80.6 cm³/mol. The van der Waals surface area contributed by atoms with Crippen molar-refractivity contribution in [3.8, 4) is 11.3 Å². The van der Waals surface area contributed by atoms with Gasteiger partial charge in [0.1, 0.15) is 5.69 Å². The van der Waals surface area contributed by atoms with Crippen molar-refractivity contribution in [2.45, 2.75) is 12.8 Å². The van der Waals surface area contributed by atoms with Gasteiger partial charge in [-0.25, -0.2) is 5.84 Å². The molecule has 3 aromatic rings. The monoisotopic (exact) mass is 278 g/mol. The molecule has 0 atom stereocenters. The van der Waals surface area contributed by atoms with Gasteiger partial charge in [-0.2, -0.15) is 5.10 Å². The summed E-state index contributed by atoms with van der Waals surface area (Å²) in [6.45, 7) is 0. The first kappa shape index (κ1) is 12.1. The Morgan fingerprint density at radius 2 is 2.00 bits per heavy atom. The third kappa shape index (κ3) is 1.75. The highest BCUT2D eigenvalue weighted by Gasteiger charge is 2.18. The average molecular weight is 278 g/mol. The summed E-state index contributed by atoms with van der Waals surface area (Å²) in [6, 6.07) is 12.3. The number of nitrogens with two attached hydrogens (primary N) is 1. The zero-order valence-corrected chi connectivity index (χ0v) is 11.3. The van der Waals surface area contributed by atoms with E-state index in [9.17, 15) is 4.79 Å². The molecule has 1 aromatic heterocycles. The van der Waals surface area contributed by atoms with Gasteiger partial charge in [-0.1, -0.05) is 30.3 Å². The van der Waals surface area contributed by atoms with E-state index < -0.39 is 0 Å². The van der Waals surface area contributed by atoms with Gasteiger partial charge < -0.3 is 0 Å². The molecule has 0 unspecified atom stereocenters. The lowest BCUT2D eigenvalue weighted by Gasteiger charge is -2.06. The highest BCUT2D eigenvalue weighted by atomic mass is 16.2. The van der Waals surface area contributed by atoms with Crippen LogP contribution in [-0.2, 0) is 12.8 Å². The SMILES string of the molecule is NNC(=O)c1cc(-c2ccc3c4c(cccc24)CC3)n[nH]1. The van der Waals surface area contributed by atoms with Crippen molar-refractivity contribution in [2.75, 3.05) is 0 Å². The maximum absolute atomic E-state index is 11.5. The summed E-state index contributed by atoms with van der Waals surface area (Å²) < 4.78 is 0. The Morgan fingerprint density at radius 1 is 1.19 bits per heavy atom. The summed E-state index contributed by atoms with van der Waals surface area (Å²) >= 11 is 0. The molecule has 1 heterocycles. The molecule has 0 fully saturated rings. The first-order chi connectivity index (χ1) is 10.3. The molecule has 0 saturated heterocycles. The topological polar surface area (TPSA) is 83.8 Å². The van der Waals surface area contributed by atoms with Crippen molar-refractivity contribution < 1.29 is 4.79 Å². The molecule has 0 saturated carbocycles. The highest BCUT2D eigenvalue weighted by Crippen LogP contribution is 2.36. The summed E-state index contributed by atoms with van der Waals surface area (Å²) in [4.78, 5) is 11.5. The fourth-order valence-corrected chi connectivity index (χ4v) is 3.12. The van der Waals surface area contributed by atoms with E-state index in [4.69, 9.17) is 5.84 Å². The maximum atomic E-state index is 11.5. The first-order valence-corrected chi connectivity index (χ1v) is 6.88. The van der Waals surface area contributed by atoms with Gasteiger partial charge in [0.15, 0.2) is 0 Å². The van der Waals surface area contributed by atoms with Crippen LogP contribution in [0.1, 0.15) is 21.6 Å². The van der Waals surface area contributed by atoms with Crippen molar-refractivity contribution in [1.29, 1.82) is 0 Å². The molecule has 0 aliphatic heterocycles. The second-order valence-electron chi connectivity index (χ2n) is 5.25. The number of hydrogen-bond donors (Lipinski definition) is 3. The Balaban J connectivity index is 1.92. The largest absolute Gasteiger partial charge is 0.289 e. The molecule has 2 aromatic carbocycles. The van der Waals surface area contributed by atoms with Crippen molar-refractivity contribution in [2.24, 2.45) is 5.84 Å². The zero-order chi connectivity index (χ0) is 14.4. The number of hydrogen-bond acceptors (Lipinski definition) is 3. The van der Waals surface area contributed by atoms with Gasteiger partial charge in [-0.05, 0) is 40.8 Å². The number of aromatic nitrogens is 2. The molecule has 1 amide bonds. The molecule has 5 nitrogen and oxygen atoms in total. The van der Waals surface area contributed by atoms with Crippen LogP contribution in [0.2, 0.25) is 0 Å². The van der Waals surface area contributed by atoms with E-state index in [-0.39, 0.29) is 5.91 Å². The minimum atomic E-state index is -0.375. The molecule has 0 bridgehead atoms. The van der Waals surface area contributed by atoms with Crippen molar-refractivity contribution in [1.82, 2.24) is 15.6 Å². The standard InChI is InChI=1S/C16H14N4O/c17-18-16(21)14-8-13(19-20-14)11-7-6-10-5-4-9-2-1-3-12(11)15(9)10/h1-3,6-8H,4-5,17H2,(H,18,21)(H,19,20).